The first-order valence-corrected chi connectivity index (χ1v) is 5.12. The molecule has 1 aromatic rings. The van der Waals surface area contributed by atoms with Crippen LogP contribution in [-0.2, 0) is 0 Å². The molecular formula is C13H13N. The third kappa shape index (κ3) is 1.09. The normalized spacial score (nSPS) is 23.1. The summed E-state index contributed by atoms with van der Waals surface area (Å²) in [5.74, 6) is 0.594. The van der Waals surface area contributed by atoms with E-state index in [0.717, 1.165) is 13.1 Å². The minimum Gasteiger partial charge on any atom is -0.367 e. The van der Waals surface area contributed by atoms with Gasteiger partial charge in [-0.15, -0.1) is 0 Å². The highest BCUT2D eigenvalue weighted by atomic mass is 15.1. The van der Waals surface area contributed by atoms with Crippen molar-refractivity contribution in [1.29, 1.82) is 0 Å². The smallest absolute Gasteiger partial charge is 0.0408 e. The van der Waals surface area contributed by atoms with Crippen LogP contribution in [0.3, 0.4) is 0 Å². The summed E-state index contributed by atoms with van der Waals surface area (Å²) in [5.41, 5.74) is 2.89. The fourth-order valence-corrected chi connectivity index (χ4v) is 2.33. The lowest BCUT2D eigenvalue weighted by molar-refractivity contribution is 0.830. The number of benzene rings is 1. The second-order valence-electron chi connectivity index (χ2n) is 3.88. The Balaban J connectivity index is 2.13. The molecule has 2 heterocycles. The highest BCUT2D eigenvalue weighted by Crippen LogP contribution is 2.37. The lowest BCUT2D eigenvalue weighted by Crippen LogP contribution is -2.21. The van der Waals surface area contributed by atoms with Crippen molar-refractivity contribution in [1.82, 2.24) is 0 Å². The van der Waals surface area contributed by atoms with E-state index >= 15 is 0 Å². The Morgan fingerprint density at radius 1 is 1.14 bits per heavy atom. The van der Waals surface area contributed by atoms with Crippen molar-refractivity contribution in [2.45, 2.75) is 5.92 Å². The Kier molecular flexibility index (Phi) is 1.69. The van der Waals surface area contributed by atoms with Gasteiger partial charge in [0.25, 0.3) is 0 Å². The van der Waals surface area contributed by atoms with Crippen LogP contribution in [0.2, 0.25) is 0 Å². The standard InChI is InChI=1S/C13H13N/c1-2-6-11-10-14(9-5-1)13-8-4-3-7-12(11)13/h1-8,11H,9-10H2. The lowest BCUT2D eigenvalue weighted by Gasteiger charge is -2.17. The summed E-state index contributed by atoms with van der Waals surface area (Å²) in [7, 11) is 0. The summed E-state index contributed by atoms with van der Waals surface area (Å²) in [5, 5.41) is 0. The third-order valence-electron chi connectivity index (χ3n) is 3.01. The van der Waals surface area contributed by atoms with Crippen LogP contribution >= 0.6 is 0 Å². The van der Waals surface area contributed by atoms with E-state index in [1.54, 1.807) is 0 Å². The highest BCUT2D eigenvalue weighted by Gasteiger charge is 2.25. The van der Waals surface area contributed by atoms with E-state index in [0.29, 0.717) is 5.92 Å². The first-order chi connectivity index (χ1) is 6.95. The molecule has 0 saturated carbocycles. The van der Waals surface area contributed by atoms with E-state index in [1.807, 2.05) is 0 Å². The monoisotopic (exact) mass is 183 g/mol. The molecule has 2 aliphatic heterocycles. The first-order valence-electron chi connectivity index (χ1n) is 5.12. The van der Waals surface area contributed by atoms with Crippen LogP contribution in [0.5, 0.6) is 0 Å². The minimum atomic E-state index is 0.594. The molecule has 0 N–H and O–H groups in total. The molecule has 0 aliphatic carbocycles. The maximum atomic E-state index is 2.44. The van der Waals surface area contributed by atoms with Crippen molar-refractivity contribution < 1.29 is 0 Å². The van der Waals surface area contributed by atoms with E-state index in [1.165, 1.54) is 11.3 Å². The van der Waals surface area contributed by atoms with Gasteiger partial charge in [-0.25, -0.2) is 0 Å². The zero-order chi connectivity index (χ0) is 9.38. The van der Waals surface area contributed by atoms with Crippen molar-refractivity contribution in [3.63, 3.8) is 0 Å². The predicted octanol–water partition coefficient (Wildman–Crippen LogP) is 2.72. The molecule has 0 amide bonds. The molecule has 0 radical (unpaired) electrons. The maximum Gasteiger partial charge on any atom is 0.0408 e. The topological polar surface area (TPSA) is 3.24 Å². The summed E-state index contributed by atoms with van der Waals surface area (Å²) >= 11 is 0. The molecule has 0 saturated heterocycles. The van der Waals surface area contributed by atoms with Gasteiger partial charge in [0.2, 0.25) is 0 Å². The molecule has 2 aliphatic rings. The summed E-state index contributed by atoms with van der Waals surface area (Å²) in [6.07, 6.45) is 8.83. The Bertz CT molecular complexity index is 403. The van der Waals surface area contributed by atoms with E-state index in [-0.39, 0.29) is 0 Å². The lowest BCUT2D eigenvalue weighted by atomic mass is 10.0. The molecule has 1 aromatic carbocycles. The average Bonchev–Trinajstić information content (AvgIpc) is 2.54. The summed E-state index contributed by atoms with van der Waals surface area (Å²) < 4.78 is 0. The van der Waals surface area contributed by atoms with Gasteiger partial charge in [-0.2, -0.15) is 0 Å². The SMILES string of the molecule is C1=CCN2CC(C=C1)c1ccccc12. The van der Waals surface area contributed by atoms with Gasteiger partial charge in [-0.1, -0.05) is 42.5 Å². The number of hydrogen-bond acceptors (Lipinski definition) is 1. The molecule has 14 heavy (non-hydrogen) atoms. The van der Waals surface area contributed by atoms with Crippen LogP contribution in [0, 0.1) is 0 Å². The molecule has 0 spiro atoms. The van der Waals surface area contributed by atoms with Gasteiger partial charge in [-0.3, -0.25) is 0 Å². The molecule has 3 rings (SSSR count). The van der Waals surface area contributed by atoms with Crippen molar-refractivity contribution >= 4 is 5.69 Å². The Morgan fingerprint density at radius 3 is 3.07 bits per heavy atom. The number of rotatable bonds is 0. The van der Waals surface area contributed by atoms with Crippen molar-refractivity contribution in [2.24, 2.45) is 0 Å². The first kappa shape index (κ1) is 7.86. The van der Waals surface area contributed by atoms with E-state index in [9.17, 15) is 0 Å². The number of anilines is 1. The average molecular weight is 183 g/mol. The van der Waals surface area contributed by atoms with Crippen molar-refractivity contribution in [2.75, 3.05) is 18.0 Å². The highest BCUT2D eigenvalue weighted by molar-refractivity contribution is 5.62. The minimum absolute atomic E-state index is 0.594. The fourth-order valence-electron chi connectivity index (χ4n) is 2.33. The van der Waals surface area contributed by atoms with Crippen molar-refractivity contribution in [3.05, 3.63) is 54.1 Å². The quantitative estimate of drug-likeness (QED) is 0.597. The summed E-state index contributed by atoms with van der Waals surface area (Å²) in [6.45, 7) is 2.18. The van der Waals surface area contributed by atoms with Gasteiger partial charge in [0, 0.05) is 24.7 Å². The van der Waals surface area contributed by atoms with Crippen LogP contribution in [0.1, 0.15) is 11.5 Å². The fraction of sp³-hybridized carbons (Fsp3) is 0.231. The molecule has 1 heteroatoms. The molecular weight excluding hydrogens is 170 g/mol. The zero-order valence-electron chi connectivity index (χ0n) is 8.06. The van der Waals surface area contributed by atoms with E-state index < -0.39 is 0 Å². The Labute approximate surface area is 84.4 Å². The van der Waals surface area contributed by atoms with E-state index in [4.69, 9.17) is 0 Å². The van der Waals surface area contributed by atoms with Gasteiger partial charge in [0.1, 0.15) is 0 Å². The second kappa shape index (κ2) is 3.02. The second-order valence-corrected chi connectivity index (χ2v) is 3.88. The molecule has 0 aromatic heterocycles. The van der Waals surface area contributed by atoms with Crippen LogP contribution in [0.4, 0.5) is 5.69 Å². The molecule has 70 valence electrons. The van der Waals surface area contributed by atoms with Gasteiger partial charge < -0.3 is 4.90 Å². The molecule has 1 atom stereocenters. The molecule has 2 bridgehead atoms. The van der Waals surface area contributed by atoms with Gasteiger partial charge >= 0.3 is 0 Å². The maximum absolute atomic E-state index is 2.44. The third-order valence-corrected chi connectivity index (χ3v) is 3.01. The van der Waals surface area contributed by atoms with Gasteiger partial charge in [-0.05, 0) is 11.6 Å². The molecule has 1 nitrogen and oxygen atoms in total. The van der Waals surface area contributed by atoms with Crippen LogP contribution in [-0.4, -0.2) is 13.1 Å². The molecule has 1 unspecified atom stereocenters. The Hall–Kier alpha value is -1.50. The zero-order valence-corrected chi connectivity index (χ0v) is 8.06. The Morgan fingerprint density at radius 2 is 2.07 bits per heavy atom. The van der Waals surface area contributed by atoms with Crippen LogP contribution < -0.4 is 4.90 Å². The van der Waals surface area contributed by atoms with Crippen LogP contribution in [0.15, 0.2) is 48.6 Å². The number of allylic oxidation sites excluding steroid dienone is 2. The number of hydrogen-bond donors (Lipinski definition) is 0. The summed E-state index contributed by atoms with van der Waals surface area (Å²) in [6, 6.07) is 8.73. The number of para-hydroxylation sites is 1. The molecule has 0 fully saturated rings. The van der Waals surface area contributed by atoms with Crippen molar-refractivity contribution in [3.8, 4) is 0 Å². The number of fused-ring (bicyclic) bond motifs is 5. The van der Waals surface area contributed by atoms with Gasteiger partial charge in [0.15, 0.2) is 0 Å². The van der Waals surface area contributed by atoms with Gasteiger partial charge in [0.05, 0.1) is 0 Å². The summed E-state index contributed by atoms with van der Waals surface area (Å²) in [4.78, 5) is 2.44. The number of nitrogens with zero attached hydrogens (tertiary/aromatic N) is 1. The predicted molar refractivity (Wildman–Crippen MR) is 59.7 cm³/mol. The van der Waals surface area contributed by atoms with E-state index in [2.05, 4.69) is 53.5 Å². The largest absolute Gasteiger partial charge is 0.367 e. The van der Waals surface area contributed by atoms with Crippen LogP contribution in [0.25, 0.3) is 0 Å².